The first-order valence-electron chi connectivity index (χ1n) is 5.26. The van der Waals surface area contributed by atoms with Crippen LogP contribution in [0, 0.1) is 6.92 Å². The highest BCUT2D eigenvalue weighted by Gasteiger charge is 2.00. The van der Waals surface area contributed by atoms with Gasteiger partial charge < -0.3 is 9.88 Å². The molecule has 0 fully saturated rings. The number of rotatable bonds is 3. The maximum absolute atomic E-state index is 6.10. The summed E-state index contributed by atoms with van der Waals surface area (Å²) >= 11 is 6.10. The number of nitrogens with zero attached hydrogens (tertiary/aromatic N) is 1. The number of benzene rings is 1. The maximum atomic E-state index is 6.10. The molecular weight excluding hydrogens is 220 g/mol. The summed E-state index contributed by atoms with van der Waals surface area (Å²) < 4.78 is 2.04. The third-order valence-electron chi connectivity index (χ3n) is 2.50. The zero-order valence-electron chi connectivity index (χ0n) is 9.50. The number of halogens is 1. The van der Waals surface area contributed by atoms with Crippen LogP contribution in [-0.2, 0) is 13.6 Å². The van der Waals surface area contributed by atoms with Gasteiger partial charge in [0.1, 0.15) is 0 Å². The molecular formula is C13H15ClN2. The van der Waals surface area contributed by atoms with E-state index in [0.717, 1.165) is 17.3 Å². The van der Waals surface area contributed by atoms with E-state index < -0.39 is 0 Å². The van der Waals surface area contributed by atoms with Crippen LogP contribution in [0.2, 0.25) is 5.02 Å². The number of aromatic nitrogens is 1. The van der Waals surface area contributed by atoms with Gasteiger partial charge in [0.25, 0.3) is 0 Å². The average molecular weight is 235 g/mol. The number of hydrogen-bond acceptors (Lipinski definition) is 1. The van der Waals surface area contributed by atoms with Crippen LogP contribution in [-0.4, -0.2) is 4.57 Å². The van der Waals surface area contributed by atoms with Crippen LogP contribution in [0.1, 0.15) is 11.1 Å². The molecule has 84 valence electrons. The lowest BCUT2D eigenvalue weighted by Crippen LogP contribution is -1.99. The molecule has 2 rings (SSSR count). The van der Waals surface area contributed by atoms with Crippen molar-refractivity contribution in [3.63, 3.8) is 0 Å². The summed E-state index contributed by atoms with van der Waals surface area (Å²) in [4.78, 5) is 0. The first kappa shape index (κ1) is 11.1. The summed E-state index contributed by atoms with van der Waals surface area (Å²) in [5.74, 6) is 0. The highest BCUT2D eigenvalue weighted by molar-refractivity contribution is 6.33. The Balaban J connectivity index is 2.07. The molecule has 3 heteroatoms. The molecule has 0 aliphatic carbocycles. The molecule has 0 unspecified atom stereocenters. The standard InChI is InChI=1S/C13H15ClN2/c1-10-3-4-12(14)13(7-10)15-8-11-5-6-16(2)9-11/h3-7,9,15H,8H2,1-2H3. The number of anilines is 1. The summed E-state index contributed by atoms with van der Waals surface area (Å²) in [6, 6.07) is 8.09. The van der Waals surface area contributed by atoms with Crippen LogP contribution < -0.4 is 5.32 Å². The summed E-state index contributed by atoms with van der Waals surface area (Å²) in [5.41, 5.74) is 3.45. The predicted octanol–water partition coefficient (Wildman–Crippen LogP) is 3.60. The van der Waals surface area contributed by atoms with Crippen molar-refractivity contribution >= 4 is 17.3 Å². The Kier molecular flexibility index (Phi) is 3.20. The van der Waals surface area contributed by atoms with E-state index in [1.807, 2.05) is 29.9 Å². The van der Waals surface area contributed by atoms with Gasteiger partial charge in [-0.25, -0.2) is 0 Å². The van der Waals surface area contributed by atoms with Gasteiger partial charge in [0.15, 0.2) is 0 Å². The van der Waals surface area contributed by atoms with Crippen LogP contribution in [0.15, 0.2) is 36.7 Å². The van der Waals surface area contributed by atoms with Crippen molar-refractivity contribution < 1.29 is 0 Å². The van der Waals surface area contributed by atoms with E-state index in [0.29, 0.717) is 0 Å². The summed E-state index contributed by atoms with van der Waals surface area (Å²) in [7, 11) is 2.02. The van der Waals surface area contributed by atoms with Crippen LogP contribution in [0.5, 0.6) is 0 Å². The lowest BCUT2D eigenvalue weighted by molar-refractivity contribution is 0.920. The molecule has 0 saturated heterocycles. The van der Waals surface area contributed by atoms with Crippen molar-refractivity contribution in [3.8, 4) is 0 Å². The van der Waals surface area contributed by atoms with Crippen LogP contribution >= 0.6 is 11.6 Å². The Morgan fingerprint density at radius 3 is 2.81 bits per heavy atom. The zero-order valence-corrected chi connectivity index (χ0v) is 10.3. The second-order valence-corrected chi connectivity index (χ2v) is 4.43. The van der Waals surface area contributed by atoms with Crippen molar-refractivity contribution in [2.75, 3.05) is 5.32 Å². The van der Waals surface area contributed by atoms with E-state index in [-0.39, 0.29) is 0 Å². The third-order valence-corrected chi connectivity index (χ3v) is 2.83. The molecule has 0 bridgehead atoms. The first-order valence-corrected chi connectivity index (χ1v) is 5.64. The van der Waals surface area contributed by atoms with Crippen molar-refractivity contribution in [3.05, 3.63) is 52.8 Å². The molecule has 2 aromatic rings. The molecule has 0 radical (unpaired) electrons. The molecule has 16 heavy (non-hydrogen) atoms. The molecule has 1 N–H and O–H groups in total. The van der Waals surface area contributed by atoms with Crippen molar-refractivity contribution in [2.24, 2.45) is 7.05 Å². The fraction of sp³-hybridized carbons (Fsp3) is 0.231. The Hall–Kier alpha value is -1.41. The Bertz CT molecular complexity index is 488. The summed E-state index contributed by atoms with van der Waals surface area (Å²) in [5, 5.41) is 4.10. The topological polar surface area (TPSA) is 17.0 Å². The van der Waals surface area contributed by atoms with E-state index in [4.69, 9.17) is 11.6 Å². The normalized spacial score (nSPS) is 10.4. The summed E-state index contributed by atoms with van der Waals surface area (Å²) in [6.45, 7) is 2.86. The molecule has 0 amide bonds. The highest BCUT2D eigenvalue weighted by Crippen LogP contribution is 2.23. The van der Waals surface area contributed by atoms with Gasteiger partial charge in [-0.05, 0) is 36.2 Å². The van der Waals surface area contributed by atoms with Gasteiger partial charge in [0.05, 0.1) is 10.7 Å². The largest absolute Gasteiger partial charge is 0.380 e. The van der Waals surface area contributed by atoms with Crippen molar-refractivity contribution in [2.45, 2.75) is 13.5 Å². The van der Waals surface area contributed by atoms with Crippen LogP contribution in [0.3, 0.4) is 0 Å². The van der Waals surface area contributed by atoms with E-state index in [9.17, 15) is 0 Å². The van der Waals surface area contributed by atoms with E-state index in [2.05, 4.69) is 30.6 Å². The molecule has 1 aromatic carbocycles. The van der Waals surface area contributed by atoms with Crippen LogP contribution in [0.4, 0.5) is 5.69 Å². The molecule has 2 nitrogen and oxygen atoms in total. The summed E-state index contributed by atoms with van der Waals surface area (Å²) in [6.07, 6.45) is 4.13. The van der Waals surface area contributed by atoms with Gasteiger partial charge in [-0.15, -0.1) is 0 Å². The molecule has 0 saturated carbocycles. The molecule has 0 aliphatic heterocycles. The van der Waals surface area contributed by atoms with Gasteiger partial charge in [-0.1, -0.05) is 17.7 Å². The minimum atomic E-state index is 0.765. The number of nitrogens with one attached hydrogen (secondary N) is 1. The fourth-order valence-corrected chi connectivity index (χ4v) is 1.82. The predicted molar refractivity (Wildman–Crippen MR) is 68.9 cm³/mol. The number of hydrogen-bond donors (Lipinski definition) is 1. The average Bonchev–Trinajstić information content (AvgIpc) is 2.66. The minimum absolute atomic E-state index is 0.765. The Labute approximate surface area is 101 Å². The third kappa shape index (κ3) is 2.58. The SMILES string of the molecule is Cc1ccc(Cl)c(NCc2ccn(C)c2)c1. The Morgan fingerprint density at radius 1 is 1.31 bits per heavy atom. The maximum Gasteiger partial charge on any atom is 0.0637 e. The molecule has 0 spiro atoms. The Morgan fingerprint density at radius 2 is 2.12 bits per heavy atom. The van der Waals surface area contributed by atoms with Crippen molar-refractivity contribution in [1.29, 1.82) is 0 Å². The lowest BCUT2D eigenvalue weighted by Gasteiger charge is -2.08. The second kappa shape index (κ2) is 4.62. The lowest BCUT2D eigenvalue weighted by atomic mass is 10.2. The van der Waals surface area contributed by atoms with Gasteiger partial charge in [-0.2, -0.15) is 0 Å². The number of aryl methyl sites for hydroxylation is 2. The zero-order chi connectivity index (χ0) is 11.5. The molecule has 0 atom stereocenters. The quantitative estimate of drug-likeness (QED) is 0.859. The smallest absolute Gasteiger partial charge is 0.0637 e. The van der Waals surface area contributed by atoms with Crippen LogP contribution in [0.25, 0.3) is 0 Å². The fourth-order valence-electron chi connectivity index (χ4n) is 1.64. The van der Waals surface area contributed by atoms with Gasteiger partial charge >= 0.3 is 0 Å². The highest BCUT2D eigenvalue weighted by atomic mass is 35.5. The van der Waals surface area contributed by atoms with Gasteiger partial charge in [0.2, 0.25) is 0 Å². The van der Waals surface area contributed by atoms with E-state index >= 15 is 0 Å². The molecule has 1 aromatic heterocycles. The van der Waals surface area contributed by atoms with E-state index in [1.165, 1.54) is 11.1 Å². The van der Waals surface area contributed by atoms with Crippen molar-refractivity contribution in [1.82, 2.24) is 4.57 Å². The van der Waals surface area contributed by atoms with Gasteiger partial charge in [0, 0.05) is 26.0 Å². The first-order chi connectivity index (χ1) is 7.65. The minimum Gasteiger partial charge on any atom is -0.380 e. The van der Waals surface area contributed by atoms with E-state index in [1.54, 1.807) is 0 Å². The van der Waals surface area contributed by atoms with Gasteiger partial charge in [-0.3, -0.25) is 0 Å². The molecule has 0 aliphatic rings. The second-order valence-electron chi connectivity index (χ2n) is 4.02. The molecule has 1 heterocycles. The monoisotopic (exact) mass is 234 g/mol.